The molecule has 0 unspecified atom stereocenters. The van der Waals surface area contributed by atoms with E-state index in [1.54, 1.807) is 18.5 Å². The maximum atomic E-state index is 13.3. The van der Waals surface area contributed by atoms with E-state index in [9.17, 15) is 9.18 Å². The molecule has 36 heavy (non-hydrogen) atoms. The van der Waals surface area contributed by atoms with Crippen LogP contribution in [0.25, 0.3) is 11.6 Å². The fourth-order valence-corrected chi connectivity index (χ4v) is 5.13. The lowest BCUT2D eigenvalue weighted by atomic mass is 9.98. The molecule has 0 spiro atoms. The first-order valence-corrected chi connectivity index (χ1v) is 12.4. The number of piperazine rings is 1. The third-order valence-corrected chi connectivity index (χ3v) is 7.20. The summed E-state index contributed by atoms with van der Waals surface area (Å²) in [6.07, 6.45) is 4.66. The van der Waals surface area contributed by atoms with Crippen LogP contribution in [0.2, 0.25) is 0 Å². The Bertz CT molecular complexity index is 1300. The first kappa shape index (κ1) is 24.0. The van der Waals surface area contributed by atoms with Crippen LogP contribution in [-0.4, -0.2) is 46.1 Å². The molecule has 1 aliphatic heterocycles. The van der Waals surface area contributed by atoms with Crippen LogP contribution in [0.5, 0.6) is 0 Å². The van der Waals surface area contributed by atoms with Gasteiger partial charge in [-0.05, 0) is 62.6 Å². The van der Waals surface area contributed by atoms with Crippen LogP contribution in [0.15, 0.2) is 54.9 Å². The molecule has 2 heterocycles. The van der Waals surface area contributed by atoms with E-state index in [1.165, 1.54) is 28.8 Å². The van der Waals surface area contributed by atoms with E-state index in [4.69, 9.17) is 0 Å². The van der Waals surface area contributed by atoms with Gasteiger partial charge in [0.15, 0.2) is 0 Å². The monoisotopic (exact) mass is 485 g/mol. The summed E-state index contributed by atoms with van der Waals surface area (Å²) in [5.41, 5.74) is 6.28. The number of carbonyl (C=O) groups excluding carboxylic acids is 1. The number of nitrogens with zero attached hydrogens (tertiary/aromatic N) is 4. The molecule has 3 aromatic rings. The molecule has 5 rings (SSSR count). The number of amides is 2. The zero-order chi connectivity index (χ0) is 25.4. The Morgan fingerprint density at radius 2 is 1.78 bits per heavy atom. The number of carbonyl (C=O) groups is 1. The van der Waals surface area contributed by atoms with Gasteiger partial charge in [0, 0.05) is 31.6 Å². The highest BCUT2D eigenvalue weighted by atomic mass is 19.1. The fourth-order valence-electron chi connectivity index (χ4n) is 5.13. The van der Waals surface area contributed by atoms with Crippen molar-refractivity contribution in [3.8, 4) is 0 Å². The van der Waals surface area contributed by atoms with Gasteiger partial charge in [-0.1, -0.05) is 42.0 Å². The SMILES string of the molecule is Cc1ccc(C2=Cc3c(ncnc3N3CCN(C(=O)N[C@@H](C)c4ccc(F)cc4)C(C)(C)C3)C2)cc1. The number of halogens is 1. The lowest BCUT2D eigenvalue weighted by Gasteiger charge is -2.47. The number of aryl methyl sites for hydroxylation is 1. The molecule has 6 nitrogen and oxygen atoms in total. The average Bonchev–Trinajstić information content (AvgIpc) is 3.28. The molecule has 1 fully saturated rings. The van der Waals surface area contributed by atoms with Gasteiger partial charge in [-0.15, -0.1) is 0 Å². The predicted octanol–water partition coefficient (Wildman–Crippen LogP) is 5.39. The molecule has 1 atom stereocenters. The number of fused-ring (bicyclic) bond motifs is 1. The van der Waals surface area contributed by atoms with Crippen molar-refractivity contribution in [1.82, 2.24) is 20.2 Å². The van der Waals surface area contributed by atoms with Gasteiger partial charge < -0.3 is 15.1 Å². The number of hydrogen-bond donors (Lipinski definition) is 1. The normalized spacial score (nSPS) is 17.4. The number of hydrogen-bond acceptors (Lipinski definition) is 4. The van der Waals surface area contributed by atoms with Crippen molar-refractivity contribution in [3.63, 3.8) is 0 Å². The second kappa shape index (κ2) is 9.37. The Morgan fingerprint density at radius 3 is 2.47 bits per heavy atom. The highest BCUT2D eigenvalue weighted by Gasteiger charge is 2.38. The largest absolute Gasteiger partial charge is 0.352 e. The van der Waals surface area contributed by atoms with Crippen LogP contribution in [0, 0.1) is 12.7 Å². The zero-order valence-electron chi connectivity index (χ0n) is 21.3. The average molecular weight is 486 g/mol. The smallest absolute Gasteiger partial charge is 0.318 e. The van der Waals surface area contributed by atoms with Crippen molar-refractivity contribution in [2.45, 2.75) is 45.7 Å². The van der Waals surface area contributed by atoms with Crippen molar-refractivity contribution < 1.29 is 9.18 Å². The molecular weight excluding hydrogens is 453 g/mol. The number of urea groups is 1. The molecule has 0 saturated carbocycles. The first-order valence-electron chi connectivity index (χ1n) is 12.4. The van der Waals surface area contributed by atoms with E-state index in [-0.39, 0.29) is 17.9 Å². The van der Waals surface area contributed by atoms with Crippen molar-refractivity contribution in [1.29, 1.82) is 0 Å². The summed E-state index contributed by atoms with van der Waals surface area (Å²) in [5.74, 6) is 0.640. The zero-order valence-corrected chi connectivity index (χ0v) is 21.3. The van der Waals surface area contributed by atoms with Crippen LogP contribution < -0.4 is 10.2 Å². The summed E-state index contributed by atoms with van der Waals surface area (Å²) in [4.78, 5) is 26.6. The molecule has 1 saturated heterocycles. The Kier molecular flexibility index (Phi) is 6.24. The van der Waals surface area contributed by atoms with Gasteiger partial charge in [-0.2, -0.15) is 0 Å². The minimum Gasteiger partial charge on any atom is -0.352 e. The molecule has 1 N–H and O–H groups in total. The number of anilines is 1. The maximum Gasteiger partial charge on any atom is 0.318 e. The molecule has 186 valence electrons. The van der Waals surface area contributed by atoms with Crippen LogP contribution >= 0.6 is 0 Å². The van der Waals surface area contributed by atoms with E-state index in [2.05, 4.69) is 71.3 Å². The highest BCUT2D eigenvalue weighted by Crippen LogP contribution is 2.36. The summed E-state index contributed by atoms with van der Waals surface area (Å²) in [6, 6.07) is 14.5. The molecule has 0 radical (unpaired) electrons. The lowest BCUT2D eigenvalue weighted by molar-refractivity contribution is 0.121. The van der Waals surface area contributed by atoms with E-state index in [0.717, 1.165) is 29.1 Å². The second-order valence-electron chi connectivity index (χ2n) is 10.4. The van der Waals surface area contributed by atoms with Crippen molar-refractivity contribution in [2.24, 2.45) is 0 Å². The Balaban J connectivity index is 1.31. The van der Waals surface area contributed by atoms with Crippen LogP contribution in [-0.2, 0) is 6.42 Å². The van der Waals surface area contributed by atoms with Gasteiger partial charge in [-0.3, -0.25) is 0 Å². The first-order chi connectivity index (χ1) is 17.2. The van der Waals surface area contributed by atoms with E-state index >= 15 is 0 Å². The molecule has 1 aromatic heterocycles. The van der Waals surface area contributed by atoms with Gasteiger partial charge in [0.25, 0.3) is 0 Å². The minimum absolute atomic E-state index is 0.119. The fraction of sp³-hybridized carbons (Fsp3) is 0.345. The van der Waals surface area contributed by atoms with Crippen LogP contribution in [0.4, 0.5) is 15.0 Å². The lowest BCUT2D eigenvalue weighted by Crippen LogP contribution is -2.63. The van der Waals surface area contributed by atoms with Crippen molar-refractivity contribution in [2.75, 3.05) is 24.5 Å². The summed E-state index contributed by atoms with van der Waals surface area (Å²) in [6.45, 7) is 10.1. The topological polar surface area (TPSA) is 61.4 Å². The molecule has 1 aliphatic carbocycles. The summed E-state index contributed by atoms with van der Waals surface area (Å²) in [7, 11) is 0. The Hall–Kier alpha value is -3.74. The molecular formula is C29H32FN5O. The van der Waals surface area contributed by atoms with E-state index in [0.29, 0.717) is 19.6 Å². The molecule has 0 bridgehead atoms. The molecule has 2 amide bonds. The number of benzene rings is 2. The van der Waals surface area contributed by atoms with Gasteiger partial charge in [0.2, 0.25) is 0 Å². The van der Waals surface area contributed by atoms with Crippen molar-refractivity contribution in [3.05, 3.63) is 88.6 Å². The summed E-state index contributed by atoms with van der Waals surface area (Å²) < 4.78 is 13.3. The summed E-state index contributed by atoms with van der Waals surface area (Å²) >= 11 is 0. The van der Waals surface area contributed by atoms with Crippen molar-refractivity contribution >= 4 is 23.5 Å². The van der Waals surface area contributed by atoms with Crippen LogP contribution in [0.1, 0.15) is 54.8 Å². The van der Waals surface area contributed by atoms with Crippen LogP contribution in [0.3, 0.4) is 0 Å². The van der Waals surface area contributed by atoms with Gasteiger partial charge in [0.1, 0.15) is 18.0 Å². The number of aromatic nitrogens is 2. The van der Waals surface area contributed by atoms with Gasteiger partial charge >= 0.3 is 6.03 Å². The summed E-state index contributed by atoms with van der Waals surface area (Å²) in [5, 5.41) is 3.08. The van der Waals surface area contributed by atoms with E-state index < -0.39 is 5.54 Å². The van der Waals surface area contributed by atoms with Gasteiger partial charge in [-0.25, -0.2) is 19.2 Å². The molecule has 2 aliphatic rings. The number of nitrogens with one attached hydrogen (secondary N) is 1. The Morgan fingerprint density at radius 1 is 1.06 bits per heavy atom. The second-order valence-corrected chi connectivity index (χ2v) is 10.4. The standard InChI is InChI=1S/C29H32FN5O/c1-19-5-7-22(8-6-19)23-15-25-26(16-23)31-18-32-27(25)34-13-14-35(29(3,4)17-34)28(36)33-20(2)21-9-11-24(30)12-10-21/h5-12,15,18,20H,13-14,16-17H2,1-4H3,(H,33,36)/t20-/m0/s1. The predicted molar refractivity (Wildman–Crippen MR) is 141 cm³/mol. The Labute approximate surface area is 211 Å². The number of allylic oxidation sites excluding steroid dienone is 1. The van der Waals surface area contributed by atoms with E-state index in [1.807, 2.05) is 11.8 Å². The minimum atomic E-state index is -0.412. The molecule has 7 heteroatoms. The van der Waals surface area contributed by atoms with Gasteiger partial charge in [0.05, 0.1) is 17.3 Å². The third-order valence-electron chi connectivity index (χ3n) is 7.20. The number of rotatable bonds is 4. The third kappa shape index (κ3) is 4.70. The maximum absolute atomic E-state index is 13.3. The molecule has 2 aromatic carbocycles. The quantitative estimate of drug-likeness (QED) is 0.538. The highest BCUT2D eigenvalue weighted by molar-refractivity contribution is 5.91.